The number of carbonyl (C=O) groups excluding carboxylic acids is 1. The summed E-state index contributed by atoms with van der Waals surface area (Å²) in [6.07, 6.45) is 1.68. The zero-order valence-electron chi connectivity index (χ0n) is 12.4. The molecule has 1 aliphatic rings. The fraction of sp³-hybridized carbons (Fsp3) is 0.429. The summed E-state index contributed by atoms with van der Waals surface area (Å²) in [4.78, 5) is 24.7. The number of nitrogens with zero attached hydrogens (tertiary/aromatic N) is 2. The summed E-state index contributed by atoms with van der Waals surface area (Å²) in [5.41, 5.74) is 1.99. The molecule has 0 unspecified atom stereocenters. The minimum Gasteiger partial charge on any atom is -0.478 e. The lowest BCUT2D eigenvalue weighted by molar-refractivity contribution is -0.132. The van der Waals surface area contributed by atoms with Crippen molar-refractivity contribution < 1.29 is 23.1 Å². The molecule has 0 aromatic heterocycles. The van der Waals surface area contributed by atoms with Crippen molar-refractivity contribution in [2.75, 3.05) is 26.4 Å². The second-order valence-electron chi connectivity index (χ2n) is 5.37. The standard InChI is InChI=1S/C14H18N2O5S/c1-15(22(2,20)21)9-13(17)16-6-5-10-3-4-11(14(18)19)7-12(10)8-16/h3-4,7H,5-6,8-9H2,1-2H3,(H,18,19). The third-order valence-electron chi connectivity index (χ3n) is 3.74. The molecule has 0 saturated heterocycles. The first-order valence-corrected chi connectivity index (χ1v) is 8.57. The molecular weight excluding hydrogens is 308 g/mol. The van der Waals surface area contributed by atoms with Gasteiger partial charge in [0.2, 0.25) is 15.9 Å². The van der Waals surface area contributed by atoms with E-state index in [1.165, 1.54) is 7.05 Å². The van der Waals surface area contributed by atoms with Crippen LogP contribution in [0.5, 0.6) is 0 Å². The quantitative estimate of drug-likeness (QED) is 0.850. The highest BCUT2D eigenvalue weighted by atomic mass is 32.2. The Balaban J connectivity index is 2.12. The van der Waals surface area contributed by atoms with E-state index in [1.807, 2.05) is 0 Å². The minimum absolute atomic E-state index is 0.182. The van der Waals surface area contributed by atoms with Gasteiger partial charge in [0.1, 0.15) is 0 Å². The molecule has 0 spiro atoms. The van der Waals surface area contributed by atoms with E-state index < -0.39 is 16.0 Å². The van der Waals surface area contributed by atoms with Crippen molar-refractivity contribution in [1.29, 1.82) is 0 Å². The number of amides is 1. The van der Waals surface area contributed by atoms with Crippen LogP contribution in [0.25, 0.3) is 0 Å². The Morgan fingerprint density at radius 2 is 2.00 bits per heavy atom. The van der Waals surface area contributed by atoms with Crippen LogP contribution in [0.3, 0.4) is 0 Å². The average Bonchev–Trinajstić information content (AvgIpc) is 2.44. The van der Waals surface area contributed by atoms with E-state index in [0.717, 1.165) is 21.7 Å². The van der Waals surface area contributed by atoms with Crippen LogP contribution in [0.4, 0.5) is 0 Å². The normalized spacial score (nSPS) is 14.8. The zero-order valence-corrected chi connectivity index (χ0v) is 13.3. The summed E-state index contributed by atoms with van der Waals surface area (Å²) in [5, 5.41) is 9.02. The Labute approximate surface area is 129 Å². The molecule has 7 nitrogen and oxygen atoms in total. The van der Waals surface area contributed by atoms with Gasteiger partial charge in [-0.3, -0.25) is 4.79 Å². The van der Waals surface area contributed by atoms with Gasteiger partial charge in [0.05, 0.1) is 18.4 Å². The number of benzene rings is 1. The van der Waals surface area contributed by atoms with Gasteiger partial charge in [-0.05, 0) is 29.7 Å². The summed E-state index contributed by atoms with van der Waals surface area (Å²) >= 11 is 0. The van der Waals surface area contributed by atoms with E-state index in [0.29, 0.717) is 19.5 Å². The maximum atomic E-state index is 12.2. The summed E-state index contributed by atoms with van der Waals surface area (Å²) in [5.74, 6) is -1.30. The fourth-order valence-electron chi connectivity index (χ4n) is 2.31. The number of likely N-dealkylation sites (N-methyl/N-ethyl adjacent to an activating group) is 1. The lowest BCUT2D eigenvalue weighted by Crippen LogP contribution is -2.43. The molecule has 1 amide bonds. The van der Waals surface area contributed by atoms with Crippen molar-refractivity contribution in [2.24, 2.45) is 0 Å². The number of aromatic carboxylic acids is 1. The van der Waals surface area contributed by atoms with Gasteiger partial charge in [0.15, 0.2) is 0 Å². The summed E-state index contributed by atoms with van der Waals surface area (Å²) in [7, 11) is -2.05. The molecular formula is C14H18N2O5S. The molecule has 120 valence electrons. The smallest absolute Gasteiger partial charge is 0.335 e. The van der Waals surface area contributed by atoms with Crippen LogP contribution in [0.1, 0.15) is 21.5 Å². The third kappa shape index (κ3) is 3.63. The molecule has 1 aliphatic heterocycles. The van der Waals surface area contributed by atoms with Gasteiger partial charge in [-0.15, -0.1) is 0 Å². The Kier molecular flexibility index (Phi) is 4.52. The predicted octanol–water partition coefficient (Wildman–Crippen LogP) is 0.161. The number of carboxylic acids is 1. The van der Waals surface area contributed by atoms with E-state index in [9.17, 15) is 18.0 Å². The number of rotatable bonds is 4. The zero-order chi connectivity index (χ0) is 16.5. The van der Waals surface area contributed by atoms with E-state index in [1.54, 1.807) is 23.1 Å². The SMILES string of the molecule is CN(CC(=O)N1CCc2ccc(C(=O)O)cc2C1)S(C)(=O)=O. The third-order valence-corrected chi connectivity index (χ3v) is 5.00. The molecule has 1 aromatic carbocycles. The van der Waals surface area contributed by atoms with Gasteiger partial charge in [-0.1, -0.05) is 6.07 Å². The van der Waals surface area contributed by atoms with E-state index in [-0.39, 0.29) is 18.0 Å². The van der Waals surface area contributed by atoms with Crippen LogP contribution >= 0.6 is 0 Å². The topological polar surface area (TPSA) is 95.0 Å². The van der Waals surface area contributed by atoms with Crippen molar-refractivity contribution in [3.63, 3.8) is 0 Å². The number of sulfonamides is 1. The first kappa shape index (κ1) is 16.4. The fourth-order valence-corrected chi connectivity index (χ4v) is 2.66. The van der Waals surface area contributed by atoms with Crippen molar-refractivity contribution >= 4 is 21.9 Å². The Hall–Kier alpha value is -1.93. The number of hydrogen-bond acceptors (Lipinski definition) is 4. The Morgan fingerprint density at radius 3 is 2.59 bits per heavy atom. The molecule has 0 atom stereocenters. The highest BCUT2D eigenvalue weighted by Gasteiger charge is 2.24. The lowest BCUT2D eigenvalue weighted by Gasteiger charge is -2.30. The number of hydrogen-bond donors (Lipinski definition) is 1. The van der Waals surface area contributed by atoms with Crippen LogP contribution in [0.2, 0.25) is 0 Å². The summed E-state index contributed by atoms with van der Waals surface area (Å²) in [6.45, 7) is 0.579. The van der Waals surface area contributed by atoms with Crippen molar-refractivity contribution in [1.82, 2.24) is 9.21 Å². The molecule has 0 fully saturated rings. The van der Waals surface area contributed by atoms with E-state index in [2.05, 4.69) is 0 Å². The van der Waals surface area contributed by atoms with Crippen molar-refractivity contribution in [3.05, 3.63) is 34.9 Å². The second-order valence-corrected chi connectivity index (χ2v) is 7.46. The number of fused-ring (bicyclic) bond motifs is 1. The van der Waals surface area contributed by atoms with Crippen LogP contribution in [-0.2, 0) is 27.8 Å². The van der Waals surface area contributed by atoms with Crippen LogP contribution < -0.4 is 0 Å². The van der Waals surface area contributed by atoms with Gasteiger partial charge in [0.25, 0.3) is 0 Å². The molecule has 1 heterocycles. The largest absolute Gasteiger partial charge is 0.478 e. The maximum Gasteiger partial charge on any atom is 0.335 e. The molecule has 0 aliphatic carbocycles. The van der Waals surface area contributed by atoms with E-state index >= 15 is 0 Å². The van der Waals surface area contributed by atoms with Gasteiger partial charge in [-0.2, -0.15) is 4.31 Å². The molecule has 0 bridgehead atoms. The highest BCUT2D eigenvalue weighted by molar-refractivity contribution is 7.88. The number of carbonyl (C=O) groups is 2. The van der Waals surface area contributed by atoms with Crippen LogP contribution in [0.15, 0.2) is 18.2 Å². The Morgan fingerprint density at radius 1 is 1.32 bits per heavy atom. The first-order valence-electron chi connectivity index (χ1n) is 6.72. The summed E-state index contributed by atoms with van der Waals surface area (Å²) < 4.78 is 23.7. The van der Waals surface area contributed by atoms with Crippen LogP contribution in [0, 0.1) is 0 Å². The van der Waals surface area contributed by atoms with Crippen LogP contribution in [-0.4, -0.2) is 61.0 Å². The molecule has 1 N–H and O–H groups in total. The molecule has 22 heavy (non-hydrogen) atoms. The number of carboxylic acid groups (broad SMARTS) is 1. The van der Waals surface area contributed by atoms with E-state index in [4.69, 9.17) is 5.11 Å². The molecule has 1 aromatic rings. The minimum atomic E-state index is -3.41. The molecule has 0 radical (unpaired) electrons. The van der Waals surface area contributed by atoms with Gasteiger partial charge in [-0.25, -0.2) is 13.2 Å². The van der Waals surface area contributed by atoms with Gasteiger partial charge >= 0.3 is 5.97 Å². The van der Waals surface area contributed by atoms with Gasteiger partial charge in [0, 0.05) is 20.1 Å². The first-order chi connectivity index (χ1) is 10.2. The average molecular weight is 326 g/mol. The highest BCUT2D eigenvalue weighted by Crippen LogP contribution is 2.20. The molecule has 2 rings (SSSR count). The molecule has 8 heteroatoms. The van der Waals surface area contributed by atoms with Gasteiger partial charge < -0.3 is 10.0 Å². The monoisotopic (exact) mass is 326 g/mol. The van der Waals surface area contributed by atoms with Crippen molar-refractivity contribution in [2.45, 2.75) is 13.0 Å². The van der Waals surface area contributed by atoms with Crippen molar-refractivity contribution in [3.8, 4) is 0 Å². The lowest BCUT2D eigenvalue weighted by atomic mass is 9.97. The Bertz CT molecular complexity index is 714. The summed E-state index contributed by atoms with van der Waals surface area (Å²) in [6, 6.07) is 4.89. The predicted molar refractivity (Wildman–Crippen MR) is 80.0 cm³/mol. The maximum absolute atomic E-state index is 12.2. The molecule has 0 saturated carbocycles. The second kappa shape index (κ2) is 6.05.